The van der Waals surface area contributed by atoms with E-state index in [2.05, 4.69) is 58.9 Å². The van der Waals surface area contributed by atoms with E-state index in [1.165, 1.54) is 0 Å². The molecular weight excluding hydrogens is 336 g/mol. The third kappa shape index (κ3) is 3.17. The summed E-state index contributed by atoms with van der Waals surface area (Å²) in [4.78, 5) is 13.8. The molecule has 2 aromatic heterocycles. The molecule has 0 aliphatic carbocycles. The summed E-state index contributed by atoms with van der Waals surface area (Å²) in [6, 6.07) is 0. The molecule has 1 N–H and O–H groups in total. The molecule has 0 fully saturated rings. The summed E-state index contributed by atoms with van der Waals surface area (Å²) in [5.41, 5.74) is 1.76. The fourth-order valence-corrected chi connectivity index (χ4v) is 3.31. The first-order valence-electron chi connectivity index (χ1n) is 6.57. The number of hydrogen-bond acceptors (Lipinski definition) is 5. The van der Waals surface area contributed by atoms with Gasteiger partial charge in [-0.25, -0.2) is 15.0 Å². The number of thiazole rings is 1. The van der Waals surface area contributed by atoms with Crippen LogP contribution in [0, 0.1) is 6.92 Å². The first-order valence-corrected chi connectivity index (χ1v) is 8.24. The molecule has 20 heavy (non-hydrogen) atoms. The number of hydrogen-bond donors (Lipinski definition) is 1. The highest BCUT2D eigenvalue weighted by Gasteiger charge is 2.24. The highest BCUT2D eigenvalue weighted by Crippen LogP contribution is 2.34. The largest absolute Gasteiger partial charge is 0.369 e. The van der Waals surface area contributed by atoms with Crippen molar-refractivity contribution in [1.29, 1.82) is 0 Å². The maximum Gasteiger partial charge on any atom is 0.181 e. The molecule has 0 radical (unpaired) electrons. The standard InChI is InChI=1S/C14H19BrN4S/c1-6-16-13-10(15)11(14(3,4)5)18-12(19-13)9-7-20-8(2)17-9/h7H,6H2,1-5H3,(H,16,18,19). The zero-order chi connectivity index (χ0) is 14.9. The van der Waals surface area contributed by atoms with E-state index in [1.54, 1.807) is 11.3 Å². The molecule has 108 valence electrons. The normalized spacial score (nSPS) is 11.7. The van der Waals surface area contributed by atoms with E-state index in [0.29, 0.717) is 5.82 Å². The van der Waals surface area contributed by atoms with Gasteiger partial charge < -0.3 is 5.32 Å². The minimum absolute atomic E-state index is 0.0637. The van der Waals surface area contributed by atoms with E-state index in [-0.39, 0.29) is 5.41 Å². The van der Waals surface area contributed by atoms with Crippen molar-refractivity contribution in [3.63, 3.8) is 0 Å². The van der Waals surface area contributed by atoms with E-state index in [4.69, 9.17) is 4.98 Å². The first kappa shape index (κ1) is 15.4. The van der Waals surface area contributed by atoms with Crippen molar-refractivity contribution in [1.82, 2.24) is 15.0 Å². The van der Waals surface area contributed by atoms with Crippen LogP contribution >= 0.6 is 27.3 Å². The summed E-state index contributed by atoms with van der Waals surface area (Å²) in [5, 5.41) is 6.31. The van der Waals surface area contributed by atoms with Gasteiger partial charge in [0.25, 0.3) is 0 Å². The summed E-state index contributed by atoms with van der Waals surface area (Å²) in [5.74, 6) is 1.51. The van der Waals surface area contributed by atoms with Crippen LogP contribution in [0.3, 0.4) is 0 Å². The number of anilines is 1. The van der Waals surface area contributed by atoms with E-state index in [1.807, 2.05) is 12.3 Å². The van der Waals surface area contributed by atoms with Gasteiger partial charge in [-0.2, -0.15) is 0 Å². The van der Waals surface area contributed by atoms with Crippen LogP contribution < -0.4 is 5.32 Å². The van der Waals surface area contributed by atoms with Gasteiger partial charge in [-0.05, 0) is 29.8 Å². The highest BCUT2D eigenvalue weighted by atomic mass is 79.9. The van der Waals surface area contributed by atoms with Gasteiger partial charge in [0.05, 0.1) is 15.2 Å². The second-order valence-corrected chi connectivity index (χ2v) is 7.45. The third-order valence-electron chi connectivity index (χ3n) is 2.75. The second kappa shape index (κ2) is 5.77. The van der Waals surface area contributed by atoms with Gasteiger partial charge in [0.2, 0.25) is 0 Å². The van der Waals surface area contributed by atoms with Gasteiger partial charge in [-0.1, -0.05) is 20.8 Å². The Hall–Kier alpha value is -1.01. The lowest BCUT2D eigenvalue weighted by molar-refractivity contribution is 0.564. The maximum atomic E-state index is 4.72. The number of halogens is 1. The van der Waals surface area contributed by atoms with Gasteiger partial charge in [0, 0.05) is 17.3 Å². The molecule has 2 rings (SSSR count). The molecule has 0 amide bonds. The Labute approximate surface area is 132 Å². The van der Waals surface area contributed by atoms with Gasteiger partial charge in [0.1, 0.15) is 11.5 Å². The third-order valence-corrected chi connectivity index (χ3v) is 4.28. The number of nitrogens with one attached hydrogen (secondary N) is 1. The lowest BCUT2D eigenvalue weighted by Crippen LogP contribution is -2.17. The fourth-order valence-electron chi connectivity index (χ4n) is 1.81. The predicted molar refractivity (Wildman–Crippen MR) is 88.4 cm³/mol. The Morgan fingerprint density at radius 3 is 2.45 bits per heavy atom. The Morgan fingerprint density at radius 2 is 1.95 bits per heavy atom. The molecule has 0 aromatic carbocycles. The summed E-state index contributed by atoms with van der Waals surface area (Å²) in [6.45, 7) is 11.3. The van der Waals surface area contributed by atoms with E-state index >= 15 is 0 Å². The Bertz CT molecular complexity index is 616. The minimum Gasteiger partial charge on any atom is -0.369 e. The van der Waals surface area contributed by atoms with Crippen molar-refractivity contribution in [2.24, 2.45) is 0 Å². The molecule has 0 saturated carbocycles. The van der Waals surface area contributed by atoms with Crippen LogP contribution in [-0.2, 0) is 5.41 Å². The molecule has 4 nitrogen and oxygen atoms in total. The van der Waals surface area contributed by atoms with Crippen LogP contribution in [0.1, 0.15) is 38.4 Å². The molecular formula is C14H19BrN4S. The van der Waals surface area contributed by atoms with E-state index < -0.39 is 0 Å². The molecule has 0 aliphatic heterocycles. The Balaban J connectivity index is 2.61. The SMILES string of the molecule is CCNc1nc(-c2csc(C)n2)nc(C(C)(C)C)c1Br. The van der Waals surface area contributed by atoms with Crippen molar-refractivity contribution in [2.75, 3.05) is 11.9 Å². The molecule has 0 saturated heterocycles. The molecule has 0 atom stereocenters. The van der Waals surface area contributed by atoms with Crippen molar-refractivity contribution < 1.29 is 0 Å². The molecule has 0 aliphatic rings. The number of aryl methyl sites for hydroxylation is 1. The minimum atomic E-state index is -0.0637. The number of aromatic nitrogens is 3. The smallest absolute Gasteiger partial charge is 0.181 e. The summed E-state index contributed by atoms with van der Waals surface area (Å²) in [6.07, 6.45) is 0. The summed E-state index contributed by atoms with van der Waals surface area (Å²) in [7, 11) is 0. The van der Waals surface area contributed by atoms with Crippen LogP contribution in [0.2, 0.25) is 0 Å². The van der Waals surface area contributed by atoms with E-state index in [0.717, 1.165) is 33.2 Å². The van der Waals surface area contributed by atoms with Gasteiger partial charge in [-0.15, -0.1) is 11.3 Å². The Morgan fingerprint density at radius 1 is 1.25 bits per heavy atom. The zero-order valence-electron chi connectivity index (χ0n) is 12.4. The molecule has 0 spiro atoms. The van der Waals surface area contributed by atoms with Crippen molar-refractivity contribution >= 4 is 33.1 Å². The van der Waals surface area contributed by atoms with E-state index in [9.17, 15) is 0 Å². The first-order chi connectivity index (χ1) is 9.32. The topological polar surface area (TPSA) is 50.7 Å². The van der Waals surface area contributed by atoms with Crippen LogP contribution in [0.15, 0.2) is 9.85 Å². The number of nitrogens with zero attached hydrogens (tertiary/aromatic N) is 3. The highest BCUT2D eigenvalue weighted by molar-refractivity contribution is 9.10. The van der Waals surface area contributed by atoms with Crippen LogP contribution in [-0.4, -0.2) is 21.5 Å². The van der Waals surface area contributed by atoms with Crippen molar-refractivity contribution in [2.45, 2.75) is 40.0 Å². The average Bonchev–Trinajstić information content (AvgIpc) is 2.77. The summed E-state index contributed by atoms with van der Waals surface area (Å²) >= 11 is 5.24. The van der Waals surface area contributed by atoms with Gasteiger partial charge >= 0.3 is 0 Å². The van der Waals surface area contributed by atoms with Crippen molar-refractivity contribution in [3.8, 4) is 11.5 Å². The Kier molecular flexibility index (Phi) is 4.44. The fraction of sp³-hybridized carbons (Fsp3) is 0.500. The molecule has 0 bridgehead atoms. The van der Waals surface area contributed by atoms with Crippen LogP contribution in [0.25, 0.3) is 11.5 Å². The summed E-state index contributed by atoms with van der Waals surface area (Å²) < 4.78 is 0.933. The van der Waals surface area contributed by atoms with Gasteiger partial charge in [0.15, 0.2) is 5.82 Å². The zero-order valence-corrected chi connectivity index (χ0v) is 14.8. The van der Waals surface area contributed by atoms with Crippen LogP contribution in [0.4, 0.5) is 5.82 Å². The molecule has 0 unspecified atom stereocenters. The second-order valence-electron chi connectivity index (χ2n) is 5.59. The van der Waals surface area contributed by atoms with Crippen molar-refractivity contribution in [3.05, 3.63) is 20.6 Å². The average molecular weight is 355 g/mol. The van der Waals surface area contributed by atoms with Crippen LogP contribution in [0.5, 0.6) is 0 Å². The monoisotopic (exact) mass is 354 g/mol. The van der Waals surface area contributed by atoms with Gasteiger partial charge in [-0.3, -0.25) is 0 Å². The lowest BCUT2D eigenvalue weighted by Gasteiger charge is -2.21. The molecule has 2 heterocycles. The quantitative estimate of drug-likeness (QED) is 0.887. The number of rotatable bonds is 3. The predicted octanol–water partition coefficient (Wildman–Crippen LogP) is 4.40. The molecule has 2 aromatic rings. The maximum absolute atomic E-state index is 4.72. The molecule has 6 heteroatoms. The lowest BCUT2D eigenvalue weighted by atomic mass is 9.92.